The molecule has 144 valence electrons. The summed E-state index contributed by atoms with van der Waals surface area (Å²) in [5.41, 5.74) is 0. The molecule has 24 heavy (non-hydrogen) atoms. The zero-order valence-corrected chi connectivity index (χ0v) is 17.4. The molecular weight excluding hydrogens is 322 g/mol. The van der Waals surface area contributed by atoms with Gasteiger partial charge in [-0.05, 0) is 32.7 Å². The van der Waals surface area contributed by atoms with Crippen LogP contribution in [0.1, 0.15) is 53.4 Å². The number of aliphatic imine (C=N–C) groups is 1. The van der Waals surface area contributed by atoms with Crippen LogP contribution < -0.4 is 0 Å². The number of likely N-dealkylation sites (N-methyl/N-ethyl adjacent to an activating group) is 1. The molecule has 0 bridgehead atoms. The number of hydrazine groups is 1. The maximum absolute atomic E-state index is 5.01. The molecule has 1 aliphatic rings. The number of piperazine rings is 1. The Bertz CT molecular complexity index is 323. The second kappa shape index (κ2) is 13.7. The van der Waals surface area contributed by atoms with Gasteiger partial charge in [0.05, 0.1) is 0 Å². The third-order valence-corrected chi connectivity index (χ3v) is 4.23. The molecule has 0 N–H and O–H groups in total. The smallest absolute Gasteiger partial charge is 0.211 e. The van der Waals surface area contributed by atoms with Crippen LogP contribution in [0.3, 0.4) is 0 Å². The van der Waals surface area contributed by atoms with Crippen molar-refractivity contribution in [2.24, 2.45) is 4.99 Å². The molecule has 1 heterocycles. The highest BCUT2D eigenvalue weighted by Gasteiger charge is 2.25. The molecule has 1 saturated heterocycles. The number of halogens is 1. The summed E-state index contributed by atoms with van der Waals surface area (Å²) < 4.78 is 0. The summed E-state index contributed by atoms with van der Waals surface area (Å²) in [6.45, 7) is 17.7. The fourth-order valence-electron chi connectivity index (χ4n) is 3.03. The number of hydrogen-bond donors (Lipinski definition) is 0. The lowest BCUT2D eigenvalue weighted by molar-refractivity contribution is -0.00754. The van der Waals surface area contributed by atoms with Crippen LogP contribution in [0.15, 0.2) is 4.99 Å². The van der Waals surface area contributed by atoms with Crippen LogP contribution >= 0.6 is 12.4 Å². The molecule has 0 aromatic heterocycles. The standard InChI is InChI=1S/C18H39N5.ClH/c1-6-10-19-18(21(11-7-2)12-8-3)23(13-9-4)22-16-14-20(5)15-17-22;/h6-17H2,1-5H3;1H. The molecular formula is C18H40ClN5. The highest BCUT2D eigenvalue weighted by Crippen LogP contribution is 2.11. The van der Waals surface area contributed by atoms with Crippen LogP contribution in [0, 0.1) is 0 Å². The monoisotopic (exact) mass is 361 g/mol. The summed E-state index contributed by atoms with van der Waals surface area (Å²) in [6, 6.07) is 0. The van der Waals surface area contributed by atoms with E-state index in [1.807, 2.05) is 0 Å². The summed E-state index contributed by atoms with van der Waals surface area (Å²) >= 11 is 0. The van der Waals surface area contributed by atoms with Gasteiger partial charge in [0, 0.05) is 52.4 Å². The minimum atomic E-state index is 0. The van der Waals surface area contributed by atoms with Gasteiger partial charge in [0.2, 0.25) is 5.96 Å². The molecule has 0 saturated carbocycles. The fraction of sp³-hybridized carbons (Fsp3) is 0.944. The van der Waals surface area contributed by atoms with Crippen LogP contribution in [-0.4, -0.2) is 85.2 Å². The molecule has 1 fully saturated rings. The number of hydrogen-bond acceptors (Lipinski definition) is 3. The summed E-state index contributed by atoms with van der Waals surface area (Å²) in [4.78, 5) is 9.93. The third kappa shape index (κ3) is 7.58. The van der Waals surface area contributed by atoms with Crippen molar-refractivity contribution in [3.05, 3.63) is 0 Å². The Balaban J connectivity index is 0.00000529. The average molecular weight is 362 g/mol. The minimum absolute atomic E-state index is 0. The van der Waals surface area contributed by atoms with Crippen molar-refractivity contribution in [3.63, 3.8) is 0 Å². The van der Waals surface area contributed by atoms with E-state index in [0.717, 1.165) is 65.2 Å². The van der Waals surface area contributed by atoms with Crippen LogP contribution in [0.5, 0.6) is 0 Å². The van der Waals surface area contributed by atoms with Gasteiger partial charge in [-0.3, -0.25) is 10.0 Å². The summed E-state index contributed by atoms with van der Waals surface area (Å²) in [6.07, 6.45) is 4.61. The molecule has 0 spiro atoms. The van der Waals surface area contributed by atoms with Crippen molar-refractivity contribution in [3.8, 4) is 0 Å². The molecule has 1 rings (SSSR count). The van der Waals surface area contributed by atoms with Crippen molar-refractivity contribution < 1.29 is 0 Å². The van der Waals surface area contributed by atoms with E-state index in [0.29, 0.717) is 0 Å². The van der Waals surface area contributed by atoms with E-state index in [-0.39, 0.29) is 12.4 Å². The maximum Gasteiger partial charge on any atom is 0.211 e. The molecule has 6 heteroatoms. The van der Waals surface area contributed by atoms with Gasteiger partial charge in [0.15, 0.2) is 0 Å². The lowest BCUT2D eigenvalue weighted by atomic mass is 10.3. The quantitative estimate of drug-likeness (QED) is 0.465. The predicted octanol–water partition coefficient (Wildman–Crippen LogP) is 3.17. The van der Waals surface area contributed by atoms with Gasteiger partial charge >= 0.3 is 0 Å². The van der Waals surface area contributed by atoms with E-state index in [1.54, 1.807) is 0 Å². The highest BCUT2D eigenvalue weighted by molar-refractivity contribution is 5.85. The van der Waals surface area contributed by atoms with Gasteiger partial charge in [-0.15, -0.1) is 12.4 Å². The molecule has 0 amide bonds. The Hall–Kier alpha value is -0.520. The maximum atomic E-state index is 5.01. The van der Waals surface area contributed by atoms with E-state index in [4.69, 9.17) is 4.99 Å². The van der Waals surface area contributed by atoms with E-state index >= 15 is 0 Å². The first kappa shape index (κ1) is 23.5. The first-order chi connectivity index (χ1) is 11.2. The lowest BCUT2D eigenvalue weighted by Crippen LogP contribution is -2.58. The molecule has 1 aliphatic heterocycles. The van der Waals surface area contributed by atoms with Crippen molar-refractivity contribution in [1.29, 1.82) is 0 Å². The summed E-state index contributed by atoms with van der Waals surface area (Å²) in [7, 11) is 2.22. The van der Waals surface area contributed by atoms with Gasteiger partial charge in [-0.2, -0.15) is 0 Å². The first-order valence-corrected chi connectivity index (χ1v) is 9.68. The van der Waals surface area contributed by atoms with E-state index < -0.39 is 0 Å². The molecule has 5 nitrogen and oxygen atoms in total. The predicted molar refractivity (Wildman–Crippen MR) is 108 cm³/mol. The first-order valence-electron chi connectivity index (χ1n) is 9.68. The van der Waals surface area contributed by atoms with E-state index in [1.165, 1.54) is 18.8 Å². The Morgan fingerprint density at radius 2 is 1.38 bits per heavy atom. The molecule has 0 unspecified atom stereocenters. The molecule has 0 radical (unpaired) electrons. The lowest BCUT2D eigenvalue weighted by Gasteiger charge is -2.44. The van der Waals surface area contributed by atoms with Crippen LogP contribution in [0.2, 0.25) is 0 Å². The van der Waals surface area contributed by atoms with Crippen LogP contribution in [0.25, 0.3) is 0 Å². The van der Waals surface area contributed by atoms with Gasteiger partial charge < -0.3 is 9.80 Å². The zero-order chi connectivity index (χ0) is 17.1. The van der Waals surface area contributed by atoms with Crippen molar-refractivity contribution in [1.82, 2.24) is 19.8 Å². The molecule has 0 aliphatic carbocycles. The molecule has 0 atom stereocenters. The average Bonchev–Trinajstić information content (AvgIpc) is 2.55. The Labute approximate surface area is 156 Å². The second-order valence-corrected chi connectivity index (χ2v) is 6.55. The van der Waals surface area contributed by atoms with Gasteiger partial charge in [-0.1, -0.05) is 27.7 Å². The van der Waals surface area contributed by atoms with Gasteiger partial charge in [-0.25, -0.2) is 5.01 Å². The van der Waals surface area contributed by atoms with E-state index in [9.17, 15) is 0 Å². The van der Waals surface area contributed by atoms with Crippen molar-refractivity contribution in [2.75, 3.05) is 59.4 Å². The van der Waals surface area contributed by atoms with E-state index in [2.05, 4.69) is 54.6 Å². The SMILES string of the molecule is CCCN=C(N(CCC)CCC)N(CCC)N1CCN(C)CC1.Cl. The topological polar surface area (TPSA) is 25.3 Å². The zero-order valence-electron chi connectivity index (χ0n) is 16.6. The number of guanidine groups is 1. The Morgan fingerprint density at radius 3 is 1.83 bits per heavy atom. The number of rotatable bonds is 9. The highest BCUT2D eigenvalue weighted by atomic mass is 35.5. The Kier molecular flexibility index (Phi) is 13.4. The summed E-state index contributed by atoms with van der Waals surface area (Å²) in [5.74, 6) is 1.21. The van der Waals surface area contributed by atoms with Crippen molar-refractivity contribution >= 4 is 18.4 Å². The van der Waals surface area contributed by atoms with Gasteiger partial charge in [0.25, 0.3) is 0 Å². The number of nitrogens with zero attached hydrogens (tertiary/aromatic N) is 5. The normalized spacial score (nSPS) is 16.8. The second-order valence-electron chi connectivity index (χ2n) is 6.55. The molecule has 0 aromatic carbocycles. The van der Waals surface area contributed by atoms with Crippen molar-refractivity contribution in [2.45, 2.75) is 53.4 Å². The largest absolute Gasteiger partial charge is 0.342 e. The van der Waals surface area contributed by atoms with Gasteiger partial charge in [0.1, 0.15) is 0 Å². The summed E-state index contributed by atoms with van der Waals surface area (Å²) in [5, 5.41) is 5.00. The Morgan fingerprint density at radius 1 is 0.833 bits per heavy atom. The van der Waals surface area contributed by atoms with Crippen LogP contribution in [0.4, 0.5) is 0 Å². The molecule has 0 aromatic rings. The fourth-order valence-corrected chi connectivity index (χ4v) is 3.03. The minimum Gasteiger partial charge on any atom is -0.342 e. The van der Waals surface area contributed by atoms with Crippen LogP contribution in [-0.2, 0) is 0 Å². The third-order valence-electron chi connectivity index (χ3n) is 4.23.